The van der Waals surface area contributed by atoms with E-state index in [0.717, 1.165) is 11.1 Å². The van der Waals surface area contributed by atoms with E-state index in [0.29, 0.717) is 5.56 Å². The van der Waals surface area contributed by atoms with E-state index >= 15 is 0 Å². The van der Waals surface area contributed by atoms with Crippen LogP contribution >= 0.6 is 0 Å². The van der Waals surface area contributed by atoms with Gasteiger partial charge in [0.25, 0.3) is 5.91 Å². The predicted molar refractivity (Wildman–Crippen MR) is 107 cm³/mol. The van der Waals surface area contributed by atoms with Gasteiger partial charge in [-0.1, -0.05) is 61.9 Å². The van der Waals surface area contributed by atoms with Gasteiger partial charge in [-0.05, 0) is 30.5 Å². The molecule has 0 saturated heterocycles. The molecule has 6 nitrogen and oxygen atoms in total. The number of hydrogen-bond donors (Lipinski definition) is 2. The number of rotatable bonds is 8. The van der Waals surface area contributed by atoms with Crippen molar-refractivity contribution in [3.8, 4) is 0 Å². The van der Waals surface area contributed by atoms with E-state index in [2.05, 4.69) is 10.6 Å². The minimum atomic E-state index is -0.754. The van der Waals surface area contributed by atoms with Crippen LogP contribution < -0.4 is 10.6 Å². The normalized spacial score (nSPS) is 11.6. The highest BCUT2D eigenvalue weighted by atomic mass is 16.5. The van der Waals surface area contributed by atoms with Gasteiger partial charge in [0.2, 0.25) is 5.91 Å². The van der Waals surface area contributed by atoms with Crippen LogP contribution in [0.5, 0.6) is 0 Å². The molecule has 2 aromatic rings. The van der Waals surface area contributed by atoms with Gasteiger partial charge in [0, 0.05) is 5.56 Å². The molecule has 0 aliphatic rings. The molecule has 0 radical (unpaired) electrons. The molecule has 148 valence electrons. The first-order valence-corrected chi connectivity index (χ1v) is 9.21. The number of esters is 1. The minimum absolute atomic E-state index is 0.144. The lowest BCUT2D eigenvalue weighted by atomic mass is 10.0. The number of aryl methyl sites for hydroxylation is 1. The minimum Gasteiger partial charge on any atom is -0.460 e. The van der Waals surface area contributed by atoms with Gasteiger partial charge in [-0.25, -0.2) is 0 Å². The summed E-state index contributed by atoms with van der Waals surface area (Å²) in [5.41, 5.74) is 2.39. The van der Waals surface area contributed by atoms with Gasteiger partial charge in [0.1, 0.15) is 19.2 Å². The first kappa shape index (κ1) is 21.2. The second-order valence-corrected chi connectivity index (χ2v) is 6.93. The Labute approximate surface area is 165 Å². The molecule has 0 fully saturated rings. The molecule has 1 atom stereocenters. The van der Waals surface area contributed by atoms with Gasteiger partial charge >= 0.3 is 5.97 Å². The van der Waals surface area contributed by atoms with Gasteiger partial charge in [0.15, 0.2) is 0 Å². The van der Waals surface area contributed by atoms with Crippen LogP contribution in [-0.4, -0.2) is 30.4 Å². The topological polar surface area (TPSA) is 84.5 Å². The maximum Gasteiger partial charge on any atom is 0.325 e. The zero-order valence-electron chi connectivity index (χ0n) is 16.4. The molecule has 0 spiro atoms. The Morgan fingerprint density at radius 3 is 2.21 bits per heavy atom. The van der Waals surface area contributed by atoms with E-state index in [-0.39, 0.29) is 25.0 Å². The molecule has 2 N–H and O–H groups in total. The van der Waals surface area contributed by atoms with Crippen molar-refractivity contribution >= 4 is 17.8 Å². The summed E-state index contributed by atoms with van der Waals surface area (Å²) in [7, 11) is 0. The quantitative estimate of drug-likeness (QED) is 0.688. The van der Waals surface area contributed by atoms with E-state index < -0.39 is 17.9 Å². The van der Waals surface area contributed by atoms with Crippen LogP contribution in [0.3, 0.4) is 0 Å². The molecule has 2 amide bonds. The SMILES string of the molecule is Cc1ccc(C(=O)NC(C(=O)NCC(=O)OCc2ccccc2)C(C)C)cc1. The van der Waals surface area contributed by atoms with Crippen molar-refractivity contribution in [1.82, 2.24) is 10.6 Å². The highest BCUT2D eigenvalue weighted by molar-refractivity contribution is 5.98. The highest BCUT2D eigenvalue weighted by Crippen LogP contribution is 2.07. The Morgan fingerprint density at radius 1 is 0.964 bits per heavy atom. The average Bonchev–Trinajstić information content (AvgIpc) is 2.69. The van der Waals surface area contributed by atoms with Crippen molar-refractivity contribution in [1.29, 1.82) is 0 Å². The number of carbonyl (C=O) groups excluding carboxylic acids is 3. The maximum absolute atomic E-state index is 12.5. The third-order valence-corrected chi connectivity index (χ3v) is 4.20. The predicted octanol–water partition coefficient (Wildman–Crippen LogP) is 2.61. The first-order chi connectivity index (χ1) is 13.4. The Bertz CT molecular complexity index is 801. The van der Waals surface area contributed by atoms with Crippen LogP contribution in [0, 0.1) is 12.8 Å². The van der Waals surface area contributed by atoms with E-state index in [1.807, 2.05) is 63.2 Å². The van der Waals surface area contributed by atoms with Gasteiger partial charge in [-0.15, -0.1) is 0 Å². The fraction of sp³-hybridized carbons (Fsp3) is 0.318. The summed E-state index contributed by atoms with van der Waals surface area (Å²) in [6.45, 7) is 5.48. The van der Waals surface area contributed by atoms with Crippen LogP contribution in [0.25, 0.3) is 0 Å². The summed E-state index contributed by atoms with van der Waals surface area (Å²) in [5.74, 6) is -1.44. The number of hydrogen-bond acceptors (Lipinski definition) is 4. The standard InChI is InChI=1S/C22H26N2O4/c1-15(2)20(24-21(26)18-11-9-16(3)10-12-18)22(27)23-13-19(25)28-14-17-7-5-4-6-8-17/h4-12,15,20H,13-14H2,1-3H3,(H,23,27)(H,24,26). The molecular formula is C22H26N2O4. The summed E-state index contributed by atoms with van der Waals surface area (Å²) in [6.07, 6.45) is 0. The van der Waals surface area contributed by atoms with E-state index in [1.54, 1.807) is 12.1 Å². The fourth-order valence-corrected chi connectivity index (χ4v) is 2.52. The van der Waals surface area contributed by atoms with E-state index in [4.69, 9.17) is 4.74 Å². The first-order valence-electron chi connectivity index (χ1n) is 9.21. The summed E-state index contributed by atoms with van der Waals surface area (Å²) >= 11 is 0. The Morgan fingerprint density at radius 2 is 1.61 bits per heavy atom. The molecule has 2 rings (SSSR count). The van der Waals surface area contributed by atoms with Crippen LogP contribution in [0.2, 0.25) is 0 Å². The average molecular weight is 382 g/mol. The molecule has 6 heteroatoms. The molecule has 1 unspecified atom stereocenters. The summed E-state index contributed by atoms with van der Waals surface area (Å²) < 4.78 is 5.14. The fourth-order valence-electron chi connectivity index (χ4n) is 2.52. The number of amides is 2. The lowest BCUT2D eigenvalue weighted by Crippen LogP contribution is -2.50. The highest BCUT2D eigenvalue weighted by Gasteiger charge is 2.25. The largest absolute Gasteiger partial charge is 0.460 e. The van der Waals surface area contributed by atoms with E-state index in [9.17, 15) is 14.4 Å². The molecule has 0 aliphatic carbocycles. The van der Waals surface area contributed by atoms with Gasteiger partial charge in [-0.2, -0.15) is 0 Å². The van der Waals surface area contributed by atoms with Crippen molar-refractivity contribution in [2.24, 2.45) is 5.92 Å². The van der Waals surface area contributed by atoms with Crippen LogP contribution in [0.1, 0.15) is 35.3 Å². The zero-order valence-corrected chi connectivity index (χ0v) is 16.4. The molecular weight excluding hydrogens is 356 g/mol. The lowest BCUT2D eigenvalue weighted by molar-refractivity contribution is -0.145. The molecule has 0 heterocycles. The molecule has 2 aromatic carbocycles. The maximum atomic E-state index is 12.5. The molecule has 28 heavy (non-hydrogen) atoms. The summed E-state index contributed by atoms with van der Waals surface area (Å²) in [5, 5.41) is 5.27. The number of carbonyl (C=O) groups is 3. The van der Waals surface area contributed by atoms with Crippen molar-refractivity contribution in [2.75, 3.05) is 6.54 Å². The van der Waals surface area contributed by atoms with Crippen LogP contribution in [0.15, 0.2) is 54.6 Å². The summed E-state index contributed by atoms with van der Waals surface area (Å²) in [4.78, 5) is 36.7. The van der Waals surface area contributed by atoms with Gasteiger partial charge < -0.3 is 15.4 Å². The van der Waals surface area contributed by atoms with Crippen molar-refractivity contribution in [3.63, 3.8) is 0 Å². The van der Waals surface area contributed by atoms with Crippen molar-refractivity contribution in [2.45, 2.75) is 33.4 Å². The third-order valence-electron chi connectivity index (χ3n) is 4.20. The second-order valence-electron chi connectivity index (χ2n) is 6.93. The molecule has 0 bridgehead atoms. The third kappa shape index (κ3) is 6.54. The Kier molecular flexibility index (Phi) is 7.75. The Balaban J connectivity index is 1.85. The van der Waals surface area contributed by atoms with E-state index in [1.165, 1.54) is 0 Å². The van der Waals surface area contributed by atoms with Crippen molar-refractivity contribution < 1.29 is 19.1 Å². The van der Waals surface area contributed by atoms with Crippen molar-refractivity contribution in [3.05, 3.63) is 71.3 Å². The van der Waals surface area contributed by atoms with Crippen LogP contribution in [-0.2, 0) is 20.9 Å². The number of benzene rings is 2. The van der Waals surface area contributed by atoms with Gasteiger partial charge in [0.05, 0.1) is 0 Å². The zero-order chi connectivity index (χ0) is 20.5. The second kappa shape index (κ2) is 10.3. The lowest BCUT2D eigenvalue weighted by Gasteiger charge is -2.21. The van der Waals surface area contributed by atoms with Crippen LogP contribution in [0.4, 0.5) is 0 Å². The summed E-state index contributed by atoms with van der Waals surface area (Å²) in [6, 6.07) is 15.6. The molecule has 0 aliphatic heterocycles. The number of nitrogens with one attached hydrogen (secondary N) is 2. The number of ether oxygens (including phenoxy) is 1. The molecule has 0 aromatic heterocycles. The monoisotopic (exact) mass is 382 g/mol. The Hall–Kier alpha value is -3.15. The smallest absolute Gasteiger partial charge is 0.325 e. The van der Waals surface area contributed by atoms with Gasteiger partial charge in [-0.3, -0.25) is 14.4 Å². The molecule has 0 saturated carbocycles.